The monoisotopic (exact) mass is 918 g/mol. The molecule has 8 heteroatoms. The van der Waals surface area contributed by atoms with Crippen LogP contribution in [-0.4, -0.2) is 29.9 Å². The van der Waals surface area contributed by atoms with Crippen molar-refractivity contribution in [2.75, 3.05) is 0 Å². The fourth-order valence-electron chi connectivity index (χ4n) is 10.3. The first-order valence-electron chi connectivity index (χ1n) is 23.8. The Morgan fingerprint density at radius 3 is 0.806 bits per heavy atom. The highest BCUT2D eigenvalue weighted by Crippen LogP contribution is 2.56. The zero-order chi connectivity index (χ0) is 48.1. The summed E-state index contributed by atoms with van der Waals surface area (Å²) in [6.07, 6.45) is 0. The number of hydrogen-bond acceptors (Lipinski definition) is 8. The summed E-state index contributed by atoms with van der Waals surface area (Å²) in [6, 6.07) is 78.8. The fraction of sp³-hybridized carbons (Fsp3) is 0.0312. The van der Waals surface area contributed by atoms with Crippen LogP contribution >= 0.6 is 0 Å². The van der Waals surface area contributed by atoms with E-state index in [1.165, 1.54) is 33.4 Å². The molecule has 3 aliphatic carbocycles. The van der Waals surface area contributed by atoms with E-state index in [9.17, 15) is 10.5 Å². The Morgan fingerprint density at radius 1 is 0.236 bits per heavy atom. The van der Waals surface area contributed by atoms with Crippen molar-refractivity contribution in [2.24, 2.45) is 0 Å². The van der Waals surface area contributed by atoms with E-state index >= 15 is 0 Å². The molecule has 8 nitrogen and oxygen atoms in total. The van der Waals surface area contributed by atoms with Crippen molar-refractivity contribution in [3.8, 4) is 103 Å². The van der Waals surface area contributed by atoms with Gasteiger partial charge in [-0.05, 0) is 116 Å². The largest absolute Gasteiger partial charge is 0.208 e. The molecule has 2 heterocycles. The molecule has 14 rings (SSSR count). The van der Waals surface area contributed by atoms with Crippen molar-refractivity contribution < 1.29 is 0 Å². The van der Waals surface area contributed by atoms with Crippen molar-refractivity contribution >= 4 is 0 Å². The molecule has 9 aromatic carbocycles. The third-order valence-electron chi connectivity index (χ3n) is 13.9. The minimum absolute atomic E-state index is 0.0991. The average Bonchev–Trinajstić information content (AvgIpc) is 3.47. The van der Waals surface area contributed by atoms with Crippen LogP contribution in [-0.2, 0) is 0 Å². The smallest absolute Gasteiger partial charge is 0.164 e. The Hall–Kier alpha value is -10.0. The van der Waals surface area contributed by atoms with E-state index in [-0.39, 0.29) is 11.8 Å². The molecule has 11 aromatic rings. The lowest BCUT2D eigenvalue weighted by Crippen LogP contribution is -2.27. The fourth-order valence-corrected chi connectivity index (χ4v) is 10.3. The Balaban J connectivity index is 0.815. The number of rotatable bonds is 8. The average molecular weight is 919 g/mol. The van der Waals surface area contributed by atoms with E-state index in [4.69, 9.17) is 29.9 Å². The molecule has 2 atom stereocenters. The highest BCUT2D eigenvalue weighted by Gasteiger charge is 2.41. The second-order valence-electron chi connectivity index (χ2n) is 18.1. The van der Waals surface area contributed by atoms with Gasteiger partial charge in [0.05, 0.1) is 23.3 Å². The van der Waals surface area contributed by atoms with Gasteiger partial charge < -0.3 is 0 Å². The molecule has 0 radical (unpaired) electrons. The summed E-state index contributed by atoms with van der Waals surface area (Å²) in [6.45, 7) is 0. The zero-order valence-corrected chi connectivity index (χ0v) is 38.5. The van der Waals surface area contributed by atoms with Crippen LogP contribution in [0.1, 0.15) is 56.3 Å². The number of benzene rings is 9. The molecule has 0 aliphatic heterocycles. The molecule has 0 spiro atoms. The van der Waals surface area contributed by atoms with E-state index in [0.717, 1.165) is 55.6 Å². The summed E-state index contributed by atoms with van der Waals surface area (Å²) in [4.78, 5) is 29.5. The van der Waals surface area contributed by atoms with Crippen LogP contribution in [0.3, 0.4) is 0 Å². The summed E-state index contributed by atoms with van der Waals surface area (Å²) < 4.78 is 0. The molecular formula is C64H38N8. The minimum atomic E-state index is 0.0991. The summed E-state index contributed by atoms with van der Waals surface area (Å²) in [5.74, 6) is 3.63. The Morgan fingerprint density at radius 2 is 0.486 bits per heavy atom. The molecule has 0 saturated heterocycles. The van der Waals surface area contributed by atoms with Crippen LogP contribution in [0.15, 0.2) is 218 Å². The van der Waals surface area contributed by atoms with Crippen LogP contribution in [0.2, 0.25) is 0 Å². The number of hydrogen-bond donors (Lipinski definition) is 0. The van der Waals surface area contributed by atoms with Crippen LogP contribution in [0.4, 0.5) is 0 Å². The number of nitriles is 2. The number of nitrogens with zero attached hydrogens (tertiary/aromatic N) is 8. The molecule has 0 amide bonds. The quantitative estimate of drug-likeness (QED) is 0.148. The lowest BCUT2D eigenvalue weighted by Gasteiger charge is -2.42. The van der Waals surface area contributed by atoms with Gasteiger partial charge in [-0.3, -0.25) is 0 Å². The Kier molecular flexibility index (Phi) is 10.2. The van der Waals surface area contributed by atoms with Gasteiger partial charge in [0.1, 0.15) is 0 Å². The van der Waals surface area contributed by atoms with Gasteiger partial charge in [0.2, 0.25) is 0 Å². The molecule has 0 saturated carbocycles. The van der Waals surface area contributed by atoms with Gasteiger partial charge in [-0.15, -0.1) is 0 Å². The van der Waals surface area contributed by atoms with Gasteiger partial charge >= 0.3 is 0 Å². The van der Waals surface area contributed by atoms with E-state index in [1.807, 2.05) is 84.9 Å². The first-order valence-corrected chi connectivity index (χ1v) is 23.8. The van der Waals surface area contributed by atoms with E-state index in [2.05, 4.69) is 121 Å². The molecule has 72 heavy (non-hydrogen) atoms. The third kappa shape index (κ3) is 7.48. The normalized spacial score (nSPS) is 13.8. The highest BCUT2D eigenvalue weighted by molar-refractivity contribution is 5.78. The van der Waals surface area contributed by atoms with Gasteiger partial charge in [0.25, 0.3) is 0 Å². The van der Waals surface area contributed by atoms with Gasteiger partial charge in [-0.1, -0.05) is 158 Å². The lowest BCUT2D eigenvalue weighted by atomic mass is 9.60. The van der Waals surface area contributed by atoms with E-state index < -0.39 is 0 Å². The summed E-state index contributed by atoms with van der Waals surface area (Å²) >= 11 is 0. The van der Waals surface area contributed by atoms with Crippen molar-refractivity contribution in [1.29, 1.82) is 10.5 Å². The molecule has 334 valence electrons. The Labute approximate surface area is 416 Å². The van der Waals surface area contributed by atoms with Crippen LogP contribution in [0.25, 0.3) is 90.6 Å². The van der Waals surface area contributed by atoms with Gasteiger partial charge in [-0.2, -0.15) is 10.5 Å². The molecule has 2 unspecified atom stereocenters. The summed E-state index contributed by atoms with van der Waals surface area (Å²) in [5, 5.41) is 18.8. The van der Waals surface area contributed by atoms with Crippen molar-refractivity contribution in [3.05, 3.63) is 263 Å². The minimum Gasteiger partial charge on any atom is -0.208 e. The maximum Gasteiger partial charge on any atom is 0.164 e. The van der Waals surface area contributed by atoms with E-state index in [1.54, 1.807) is 24.3 Å². The molecule has 2 bridgehead atoms. The molecular weight excluding hydrogens is 881 g/mol. The van der Waals surface area contributed by atoms with Crippen LogP contribution < -0.4 is 0 Å². The first-order chi connectivity index (χ1) is 35.5. The van der Waals surface area contributed by atoms with Crippen LogP contribution in [0, 0.1) is 22.7 Å². The van der Waals surface area contributed by atoms with Gasteiger partial charge in [-0.25, -0.2) is 29.9 Å². The summed E-state index contributed by atoms with van der Waals surface area (Å²) in [7, 11) is 0. The van der Waals surface area contributed by atoms with Gasteiger partial charge in [0.15, 0.2) is 34.9 Å². The molecule has 0 fully saturated rings. The lowest BCUT2D eigenvalue weighted by molar-refractivity contribution is 0.755. The maximum absolute atomic E-state index is 9.39. The van der Waals surface area contributed by atoms with Crippen molar-refractivity contribution in [3.63, 3.8) is 0 Å². The second-order valence-corrected chi connectivity index (χ2v) is 18.1. The maximum atomic E-state index is 9.39. The standard InChI is InChI=1S/C64H38N8/c65-37-39-15-19-45(20-16-39)61-67-59(43-9-3-1-4-10-43)69-63(71-61)47-27-23-41(24-28-47)49-31-33-53-55(35-49)57-51-13-7-8-14-52(51)58(53)56-36-50(32-34-54(56)57)42-25-29-48(30-26-42)64-70-60(44-11-5-2-6-12-44)68-62(72-64)46-21-17-40(38-66)18-22-46/h1-36,57-58H. The topological polar surface area (TPSA) is 125 Å². The molecule has 3 aliphatic rings. The van der Waals surface area contributed by atoms with Crippen molar-refractivity contribution in [2.45, 2.75) is 11.8 Å². The molecule has 0 N–H and O–H groups in total. The van der Waals surface area contributed by atoms with Gasteiger partial charge in [0, 0.05) is 45.2 Å². The zero-order valence-electron chi connectivity index (χ0n) is 38.5. The van der Waals surface area contributed by atoms with Crippen LogP contribution in [0.5, 0.6) is 0 Å². The number of aromatic nitrogens is 6. The Bertz CT molecular complexity index is 3710. The van der Waals surface area contributed by atoms with E-state index in [0.29, 0.717) is 46.1 Å². The predicted molar refractivity (Wildman–Crippen MR) is 281 cm³/mol. The predicted octanol–water partition coefficient (Wildman–Crippen LogP) is 14.1. The third-order valence-corrected chi connectivity index (χ3v) is 13.9. The highest BCUT2D eigenvalue weighted by atomic mass is 15.0. The second kappa shape index (κ2) is 17.5. The first kappa shape index (κ1) is 42.1. The van der Waals surface area contributed by atoms with Crippen molar-refractivity contribution in [1.82, 2.24) is 29.9 Å². The summed E-state index contributed by atoms with van der Waals surface area (Å²) in [5.41, 5.74) is 19.0. The SMILES string of the molecule is N#Cc1ccc(-c2nc(-c3ccccc3)nc(-c3ccc(-c4ccc5c(c4)C4c6ccccc6C5c5cc(-c6ccc(-c7nc(-c8ccccc8)nc(-c8ccc(C#N)cc8)n7)cc6)ccc54)cc3)n2)cc1. The molecule has 2 aromatic heterocycles.